The fourth-order valence-electron chi connectivity index (χ4n) is 2.74. The highest BCUT2D eigenvalue weighted by Gasteiger charge is 2.16. The lowest BCUT2D eigenvalue weighted by Crippen LogP contribution is -2.38. The Balaban J connectivity index is 1.72. The lowest BCUT2D eigenvalue weighted by molar-refractivity contribution is 0.0199. The molecule has 0 radical (unpaired) electrons. The summed E-state index contributed by atoms with van der Waals surface area (Å²) in [6.07, 6.45) is 0.465. The zero-order chi connectivity index (χ0) is 18.8. The predicted molar refractivity (Wildman–Crippen MR) is 92.3 cm³/mol. The molecule has 9 heteroatoms. The molecule has 0 fully saturated rings. The Hall–Kier alpha value is -2.78. The van der Waals surface area contributed by atoms with Gasteiger partial charge in [0.1, 0.15) is 5.82 Å². The van der Waals surface area contributed by atoms with Crippen molar-refractivity contribution in [1.82, 2.24) is 18.7 Å². The minimum atomic E-state index is -0.930. The number of aliphatic hydroxyl groups is 1. The number of benzene rings is 1. The van der Waals surface area contributed by atoms with Crippen LogP contribution in [-0.4, -0.2) is 36.5 Å². The van der Waals surface area contributed by atoms with Gasteiger partial charge in [-0.25, -0.2) is 14.2 Å². The van der Waals surface area contributed by atoms with E-state index in [0.717, 1.165) is 4.57 Å². The van der Waals surface area contributed by atoms with Crippen molar-refractivity contribution in [2.75, 3.05) is 6.61 Å². The molecule has 1 N–H and O–H groups in total. The summed E-state index contributed by atoms with van der Waals surface area (Å²) in [6.45, 7) is 0.0476. The van der Waals surface area contributed by atoms with Gasteiger partial charge in [0.25, 0.3) is 5.56 Å². The standard InChI is InChI=1S/C17H19FN4O4/c1-20-15-14(16(24)21(2)17(20)25)22(10-19-15)7-12(23)9-26-8-11-5-3-4-6-13(11)18/h3-6,10,12,23H,7-9H2,1-2H3/t12-/m0/s1. The van der Waals surface area contributed by atoms with Gasteiger partial charge in [-0.05, 0) is 6.07 Å². The molecular formula is C17H19FN4O4. The van der Waals surface area contributed by atoms with E-state index in [9.17, 15) is 19.1 Å². The van der Waals surface area contributed by atoms with Crippen LogP contribution < -0.4 is 11.2 Å². The Labute approximate surface area is 147 Å². The lowest BCUT2D eigenvalue weighted by Gasteiger charge is -2.13. The average molecular weight is 362 g/mol. The predicted octanol–water partition coefficient (Wildman–Crippen LogP) is 0.150. The van der Waals surface area contributed by atoms with Crippen molar-refractivity contribution in [3.05, 3.63) is 62.8 Å². The van der Waals surface area contributed by atoms with Gasteiger partial charge in [-0.1, -0.05) is 18.2 Å². The van der Waals surface area contributed by atoms with Crippen LogP contribution in [0, 0.1) is 5.82 Å². The van der Waals surface area contributed by atoms with Gasteiger partial charge in [0.2, 0.25) is 0 Å². The molecule has 2 heterocycles. The Bertz CT molecular complexity index is 1050. The van der Waals surface area contributed by atoms with E-state index in [0.29, 0.717) is 5.56 Å². The summed E-state index contributed by atoms with van der Waals surface area (Å²) >= 11 is 0. The Morgan fingerprint density at radius 3 is 2.69 bits per heavy atom. The normalized spacial score (nSPS) is 12.6. The molecule has 3 rings (SSSR count). The summed E-state index contributed by atoms with van der Waals surface area (Å²) in [4.78, 5) is 28.3. The first kappa shape index (κ1) is 18.0. The molecule has 0 spiro atoms. The summed E-state index contributed by atoms with van der Waals surface area (Å²) in [5.74, 6) is -0.369. The molecule has 0 aliphatic heterocycles. The van der Waals surface area contributed by atoms with Gasteiger partial charge in [-0.3, -0.25) is 13.9 Å². The van der Waals surface area contributed by atoms with E-state index in [1.807, 2.05) is 0 Å². The monoisotopic (exact) mass is 362 g/mol. The van der Waals surface area contributed by atoms with Crippen molar-refractivity contribution in [3.8, 4) is 0 Å². The first-order valence-corrected chi connectivity index (χ1v) is 8.00. The zero-order valence-electron chi connectivity index (χ0n) is 14.4. The van der Waals surface area contributed by atoms with Crippen molar-refractivity contribution in [1.29, 1.82) is 0 Å². The summed E-state index contributed by atoms with van der Waals surface area (Å²) < 4.78 is 22.6. The highest BCUT2D eigenvalue weighted by Crippen LogP contribution is 2.09. The van der Waals surface area contributed by atoms with Crippen LogP contribution in [0.5, 0.6) is 0 Å². The van der Waals surface area contributed by atoms with Gasteiger partial charge in [0.15, 0.2) is 11.2 Å². The summed E-state index contributed by atoms with van der Waals surface area (Å²) in [5, 5.41) is 10.2. The quantitative estimate of drug-likeness (QED) is 0.674. The molecule has 1 atom stereocenters. The highest BCUT2D eigenvalue weighted by atomic mass is 19.1. The van der Waals surface area contributed by atoms with Crippen LogP contribution >= 0.6 is 0 Å². The third kappa shape index (κ3) is 3.31. The Morgan fingerprint density at radius 1 is 1.23 bits per heavy atom. The number of halogens is 1. The number of fused-ring (bicyclic) bond motifs is 1. The number of aromatic nitrogens is 4. The molecule has 3 aromatic rings. The summed E-state index contributed by atoms with van der Waals surface area (Å²) in [7, 11) is 2.91. The first-order chi connectivity index (χ1) is 12.4. The van der Waals surface area contributed by atoms with Gasteiger partial charge < -0.3 is 14.4 Å². The molecule has 0 saturated heterocycles. The maximum absolute atomic E-state index is 13.5. The number of imidazole rings is 1. The van der Waals surface area contributed by atoms with Crippen molar-refractivity contribution in [2.24, 2.45) is 14.1 Å². The van der Waals surface area contributed by atoms with E-state index >= 15 is 0 Å². The fraction of sp³-hybridized carbons (Fsp3) is 0.353. The smallest absolute Gasteiger partial charge is 0.332 e. The van der Waals surface area contributed by atoms with E-state index in [1.165, 1.54) is 35.6 Å². The number of nitrogens with zero attached hydrogens (tertiary/aromatic N) is 4. The number of ether oxygens (including phenoxy) is 1. The summed E-state index contributed by atoms with van der Waals surface area (Å²) in [5.41, 5.74) is -0.0847. The molecule has 8 nitrogen and oxygen atoms in total. The fourth-order valence-corrected chi connectivity index (χ4v) is 2.74. The van der Waals surface area contributed by atoms with Crippen molar-refractivity contribution < 1.29 is 14.2 Å². The molecular weight excluding hydrogens is 343 g/mol. The van der Waals surface area contributed by atoms with Gasteiger partial charge in [0, 0.05) is 19.7 Å². The molecule has 1 aromatic carbocycles. The molecule has 0 bridgehead atoms. The van der Waals surface area contributed by atoms with Crippen molar-refractivity contribution >= 4 is 11.2 Å². The minimum Gasteiger partial charge on any atom is -0.389 e. The molecule has 0 aliphatic rings. The van der Waals surface area contributed by atoms with Gasteiger partial charge in [-0.15, -0.1) is 0 Å². The zero-order valence-corrected chi connectivity index (χ0v) is 14.4. The summed E-state index contributed by atoms with van der Waals surface area (Å²) in [6, 6.07) is 6.24. The van der Waals surface area contributed by atoms with E-state index in [4.69, 9.17) is 4.74 Å². The number of aryl methyl sites for hydroxylation is 1. The third-order valence-corrected chi connectivity index (χ3v) is 4.15. The maximum atomic E-state index is 13.5. The molecule has 0 amide bonds. The maximum Gasteiger partial charge on any atom is 0.332 e. The second kappa shape index (κ2) is 7.22. The van der Waals surface area contributed by atoms with Crippen molar-refractivity contribution in [2.45, 2.75) is 19.3 Å². The first-order valence-electron chi connectivity index (χ1n) is 8.00. The van der Waals surface area contributed by atoms with Gasteiger partial charge in [-0.2, -0.15) is 0 Å². The van der Waals surface area contributed by atoms with Crippen LogP contribution in [-0.2, 0) is 32.0 Å². The Kier molecular flexibility index (Phi) is 5.01. The topological polar surface area (TPSA) is 91.3 Å². The number of rotatable bonds is 6. The molecule has 26 heavy (non-hydrogen) atoms. The lowest BCUT2D eigenvalue weighted by atomic mass is 10.2. The number of aliphatic hydroxyl groups excluding tert-OH is 1. The molecule has 2 aromatic heterocycles. The molecule has 0 saturated carbocycles. The molecule has 138 valence electrons. The second-order valence-electron chi connectivity index (χ2n) is 6.04. The van der Waals surface area contributed by atoms with Crippen molar-refractivity contribution in [3.63, 3.8) is 0 Å². The number of hydrogen-bond acceptors (Lipinski definition) is 5. The minimum absolute atomic E-state index is 0.0324. The van der Waals surface area contributed by atoms with Crippen LogP contribution in [0.1, 0.15) is 5.56 Å². The van der Waals surface area contributed by atoms with Crippen LogP contribution in [0.2, 0.25) is 0 Å². The molecule has 0 aliphatic carbocycles. The van der Waals surface area contributed by atoms with Crippen LogP contribution in [0.4, 0.5) is 4.39 Å². The van der Waals surface area contributed by atoms with Gasteiger partial charge >= 0.3 is 5.69 Å². The van der Waals surface area contributed by atoms with E-state index < -0.39 is 17.4 Å². The van der Waals surface area contributed by atoms with Crippen LogP contribution in [0.15, 0.2) is 40.2 Å². The Morgan fingerprint density at radius 2 is 1.96 bits per heavy atom. The highest BCUT2D eigenvalue weighted by molar-refractivity contribution is 5.69. The van der Waals surface area contributed by atoms with Gasteiger partial charge in [0.05, 0.1) is 32.2 Å². The van der Waals surface area contributed by atoms with Crippen LogP contribution in [0.25, 0.3) is 11.2 Å². The van der Waals surface area contributed by atoms with E-state index in [-0.39, 0.29) is 36.7 Å². The second-order valence-corrected chi connectivity index (χ2v) is 6.04. The van der Waals surface area contributed by atoms with E-state index in [2.05, 4.69) is 4.98 Å². The number of hydrogen-bond donors (Lipinski definition) is 1. The molecule has 0 unspecified atom stereocenters. The largest absolute Gasteiger partial charge is 0.389 e. The average Bonchev–Trinajstić information content (AvgIpc) is 3.03. The third-order valence-electron chi connectivity index (χ3n) is 4.15. The SMILES string of the molecule is Cn1c(=O)c2c(ncn2C[C@H](O)COCc2ccccc2F)n(C)c1=O. The van der Waals surface area contributed by atoms with Crippen LogP contribution in [0.3, 0.4) is 0 Å². The van der Waals surface area contributed by atoms with E-state index in [1.54, 1.807) is 18.2 Å².